The van der Waals surface area contributed by atoms with Crippen LogP contribution in [0.25, 0.3) is 11.1 Å². The highest BCUT2D eigenvalue weighted by molar-refractivity contribution is 5.79. The Hall–Kier alpha value is -2.21. The van der Waals surface area contributed by atoms with Gasteiger partial charge in [0.1, 0.15) is 0 Å². The minimum Gasteiger partial charge on any atom is -0.0619 e. The highest BCUT2D eigenvalue weighted by Gasteiger charge is 2.41. The van der Waals surface area contributed by atoms with E-state index in [2.05, 4.69) is 81.5 Å². The van der Waals surface area contributed by atoms with Gasteiger partial charge in [-0.2, -0.15) is 0 Å². The number of rotatable bonds is 1. The van der Waals surface area contributed by atoms with E-state index in [1.54, 1.807) is 0 Å². The SMILES string of the molecule is CC1=C[C+](C)C(C2c3ccccc3-c3ccccc32)C(C)=C1. The quantitative estimate of drug-likeness (QED) is 0.571. The molecule has 22 heavy (non-hydrogen) atoms. The summed E-state index contributed by atoms with van der Waals surface area (Å²) in [6.07, 6.45) is 4.70. The summed E-state index contributed by atoms with van der Waals surface area (Å²) in [5.74, 6) is 2.41. The van der Waals surface area contributed by atoms with E-state index in [0.717, 1.165) is 0 Å². The molecule has 0 spiro atoms. The van der Waals surface area contributed by atoms with Crippen molar-refractivity contribution in [1.29, 1.82) is 0 Å². The van der Waals surface area contributed by atoms with E-state index in [9.17, 15) is 0 Å². The fourth-order valence-electron chi connectivity index (χ4n) is 4.38. The summed E-state index contributed by atoms with van der Waals surface area (Å²) in [7, 11) is 0. The third kappa shape index (κ3) is 1.87. The van der Waals surface area contributed by atoms with Crippen molar-refractivity contribution in [1.82, 2.24) is 0 Å². The minimum absolute atomic E-state index is 0.452. The second-order valence-electron chi connectivity index (χ2n) is 6.65. The third-order valence-corrected chi connectivity index (χ3v) is 5.11. The Morgan fingerprint density at radius 1 is 0.818 bits per heavy atom. The molecule has 2 aromatic rings. The average Bonchev–Trinajstić information content (AvgIpc) is 2.82. The van der Waals surface area contributed by atoms with Gasteiger partial charge in [-0.1, -0.05) is 48.5 Å². The lowest BCUT2D eigenvalue weighted by atomic mass is 9.70. The first-order chi connectivity index (χ1) is 10.7. The Kier molecular flexibility index (Phi) is 3.00. The third-order valence-electron chi connectivity index (χ3n) is 5.11. The molecule has 2 aliphatic carbocycles. The molecule has 0 N–H and O–H groups in total. The van der Waals surface area contributed by atoms with Gasteiger partial charge < -0.3 is 0 Å². The van der Waals surface area contributed by atoms with Crippen molar-refractivity contribution < 1.29 is 0 Å². The molecule has 1 unspecified atom stereocenters. The molecule has 0 aromatic heterocycles. The van der Waals surface area contributed by atoms with Crippen LogP contribution >= 0.6 is 0 Å². The number of fused-ring (bicyclic) bond motifs is 3. The molecule has 0 saturated heterocycles. The van der Waals surface area contributed by atoms with E-state index in [4.69, 9.17) is 0 Å². The average molecular weight is 285 g/mol. The lowest BCUT2D eigenvalue weighted by molar-refractivity contribution is 0.577. The first-order valence-electron chi connectivity index (χ1n) is 8.05. The summed E-state index contributed by atoms with van der Waals surface area (Å²) in [4.78, 5) is 0. The van der Waals surface area contributed by atoms with E-state index < -0.39 is 0 Å². The van der Waals surface area contributed by atoms with Crippen LogP contribution in [0.1, 0.15) is 37.8 Å². The van der Waals surface area contributed by atoms with E-state index >= 15 is 0 Å². The molecule has 0 nitrogen and oxygen atoms in total. The molecule has 0 amide bonds. The van der Waals surface area contributed by atoms with Gasteiger partial charge in [0.15, 0.2) is 0 Å². The van der Waals surface area contributed by atoms with Crippen LogP contribution in [-0.4, -0.2) is 0 Å². The van der Waals surface area contributed by atoms with Crippen LogP contribution in [0.5, 0.6) is 0 Å². The molecule has 2 aliphatic rings. The lowest BCUT2D eigenvalue weighted by Crippen LogP contribution is -2.21. The molecule has 0 radical (unpaired) electrons. The zero-order chi connectivity index (χ0) is 15.3. The number of hydrogen-bond donors (Lipinski definition) is 0. The topological polar surface area (TPSA) is 0 Å². The zero-order valence-corrected chi connectivity index (χ0v) is 13.4. The van der Waals surface area contributed by atoms with Gasteiger partial charge >= 0.3 is 0 Å². The Morgan fingerprint density at radius 3 is 1.91 bits per heavy atom. The van der Waals surface area contributed by atoms with Crippen molar-refractivity contribution in [2.24, 2.45) is 5.92 Å². The molecule has 0 fully saturated rings. The van der Waals surface area contributed by atoms with Crippen molar-refractivity contribution in [3.8, 4) is 11.1 Å². The van der Waals surface area contributed by atoms with Gasteiger partial charge in [-0.05, 0) is 34.8 Å². The molecular weight excluding hydrogens is 264 g/mol. The molecule has 0 saturated carbocycles. The zero-order valence-electron chi connectivity index (χ0n) is 13.4. The van der Waals surface area contributed by atoms with Gasteiger partial charge in [-0.3, -0.25) is 0 Å². The summed E-state index contributed by atoms with van der Waals surface area (Å²) < 4.78 is 0. The van der Waals surface area contributed by atoms with Crippen molar-refractivity contribution in [2.75, 3.05) is 0 Å². The van der Waals surface area contributed by atoms with E-state index in [1.165, 1.54) is 39.3 Å². The standard InChI is InChI=1S/C22H21/c1-14-12-15(2)21(16(3)13-14)22-19-10-6-4-8-17(19)18-9-5-7-11-20(18)22/h4-13,21-22H,1-3H3/q+1. The van der Waals surface area contributed by atoms with Crippen LogP contribution in [0, 0.1) is 11.8 Å². The fraction of sp³-hybridized carbons (Fsp3) is 0.227. The number of benzene rings is 2. The van der Waals surface area contributed by atoms with Crippen LogP contribution in [0.2, 0.25) is 0 Å². The number of hydrogen-bond acceptors (Lipinski definition) is 0. The fourth-order valence-corrected chi connectivity index (χ4v) is 4.38. The Labute approximate surface area is 133 Å². The maximum Gasteiger partial charge on any atom is 0.0997 e. The molecule has 0 heteroatoms. The van der Waals surface area contributed by atoms with E-state index in [1.807, 2.05) is 0 Å². The normalized spacial score (nSPS) is 20.3. The monoisotopic (exact) mass is 285 g/mol. The molecular formula is C22H21+. The number of allylic oxidation sites excluding steroid dienone is 4. The second kappa shape index (κ2) is 4.91. The Balaban J connectivity index is 1.91. The van der Waals surface area contributed by atoms with Gasteiger partial charge in [0.2, 0.25) is 0 Å². The second-order valence-corrected chi connectivity index (χ2v) is 6.65. The molecule has 108 valence electrons. The highest BCUT2D eigenvalue weighted by Crippen LogP contribution is 2.53. The highest BCUT2D eigenvalue weighted by atomic mass is 14.4. The predicted octanol–water partition coefficient (Wildman–Crippen LogP) is 5.92. The largest absolute Gasteiger partial charge is 0.0997 e. The van der Waals surface area contributed by atoms with E-state index in [-0.39, 0.29) is 0 Å². The van der Waals surface area contributed by atoms with Crippen LogP contribution < -0.4 is 0 Å². The van der Waals surface area contributed by atoms with Crippen molar-refractivity contribution >= 4 is 0 Å². The summed E-state index contributed by atoms with van der Waals surface area (Å²) in [6, 6.07) is 17.8. The van der Waals surface area contributed by atoms with Gasteiger partial charge in [0.05, 0.1) is 23.5 Å². The Morgan fingerprint density at radius 2 is 1.36 bits per heavy atom. The Bertz CT molecular complexity index is 746. The first-order valence-corrected chi connectivity index (χ1v) is 8.05. The molecule has 1 atom stereocenters. The maximum atomic E-state index is 2.35. The van der Waals surface area contributed by atoms with Crippen molar-refractivity contribution in [3.63, 3.8) is 0 Å². The van der Waals surface area contributed by atoms with Gasteiger partial charge in [0, 0.05) is 25.8 Å². The molecule has 2 aromatic carbocycles. The van der Waals surface area contributed by atoms with Crippen molar-refractivity contribution in [3.05, 3.63) is 88.9 Å². The van der Waals surface area contributed by atoms with Gasteiger partial charge in [-0.25, -0.2) is 0 Å². The summed E-state index contributed by atoms with van der Waals surface area (Å²) in [6.45, 7) is 6.77. The van der Waals surface area contributed by atoms with Crippen LogP contribution in [0.4, 0.5) is 0 Å². The van der Waals surface area contributed by atoms with E-state index in [0.29, 0.717) is 11.8 Å². The first kappa shape index (κ1) is 13.5. The van der Waals surface area contributed by atoms with Crippen LogP contribution in [0.3, 0.4) is 0 Å². The van der Waals surface area contributed by atoms with Crippen molar-refractivity contribution in [2.45, 2.75) is 26.7 Å². The minimum atomic E-state index is 0.452. The summed E-state index contributed by atoms with van der Waals surface area (Å²) in [5.41, 5.74) is 8.63. The molecule has 0 aliphatic heterocycles. The maximum absolute atomic E-state index is 2.35. The van der Waals surface area contributed by atoms with Gasteiger partial charge in [-0.15, -0.1) is 0 Å². The predicted molar refractivity (Wildman–Crippen MR) is 93.6 cm³/mol. The molecule has 0 heterocycles. The van der Waals surface area contributed by atoms with Crippen LogP contribution in [0.15, 0.2) is 71.8 Å². The van der Waals surface area contributed by atoms with Gasteiger partial charge in [0.25, 0.3) is 0 Å². The summed E-state index contributed by atoms with van der Waals surface area (Å²) >= 11 is 0. The smallest absolute Gasteiger partial charge is 0.0619 e. The molecule has 4 rings (SSSR count). The summed E-state index contributed by atoms with van der Waals surface area (Å²) in [5, 5.41) is 0. The van der Waals surface area contributed by atoms with Crippen LogP contribution in [-0.2, 0) is 0 Å². The molecule has 0 bridgehead atoms. The lowest BCUT2D eigenvalue weighted by Gasteiger charge is -2.27.